The van der Waals surface area contributed by atoms with Gasteiger partial charge in [0.25, 0.3) is 0 Å². The summed E-state index contributed by atoms with van der Waals surface area (Å²) < 4.78 is 0. The Morgan fingerprint density at radius 3 is 2.36 bits per heavy atom. The van der Waals surface area contributed by atoms with Crippen molar-refractivity contribution in [2.45, 2.75) is 40.8 Å². The average Bonchev–Trinajstić information content (AvgIpc) is 2.61. The van der Waals surface area contributed by atoms with E-state index in [9.17, 15) is 0 Å². The van der Waals surface area contributed by atoms with Gasteiger partial charge in [0.1, 0.15) is 0 Å². The third-order valence-corrected chi connectivity index (χ3v) is 4.73. The number of hydrogen-bond acceptors (Lipinski definition) is 2. The van der Waals surface area contributed by atoms with E-state index in [1.807, 2.05) is 0 Å². The minimum Gasteiger partial charge on any atom is -0.358 e. The van der Waals surface area contributed by atoms with Crippen molar-refractivity contribution in [1.29, 1.82) is 0 Å². The molecule has 2 aromatic rings. The number of nitrogens with one attached hydrogen (secondary N) is 2. The highest BCUT2D eigenvalue weighted by Gasteiger charge is 2.07. The highest BCUT2D eigenvalue weighted by atomic mass is 32.1. The van der Waals surface area contributed by atoms with Crippen LogP contribution in [0.25, 0.3) is 0 Å². The van der Waals surface area contributed by atoms with Gasteiger partial charge in [0.15, 0.2) is 5.11 Å². The summed E-state index contributed by atoms with van der Waals surface area (Å²) in [4.78, 5) is 2.42. The van der Waals surface area contributed by atoms with Crippen LogP contribution in [0, 0.1) is 13.8 Å². The van der Waals surface area contributed by atoms with Crippen molar-refractivity contribution < 1.29 is 0 Å². The van der Waals surface area contributed by atoms with E-state index in [4.69, 9.17) is 12.2 Å². The second kappa shape index (κ2) is 9.54. The molecule has 0 saturated carbocycles. The molecule has 0 bridgehead atoms. The van der Waals surface area contributed by atoms with Gasteiger partial charge in [-0.2, -0.15) is 0 Å². The first kappa shape index (κ1) is 19.4. The van der Waals surface area contributed by atoms with Crippen LogP contribution in [0.1, 0.15) is 36.1 Å². The fourth-order valence-corrected chi connectivity index (χ4v) is 2.97. The minimum atomic E-state index is 0.659. The van der Waals surface area contributed by atoms with E-state index >= 15 is 0 Å². The molecule has 0 unspecified atom stereocenters. The molecule has 134 valence electrons. The fourth-order valence-electron chi connectivity index (χ4n) is 2.78. The standard InChI is InChI=1S/C21H29N3S/c1-5-24(6-2)15-19-10-8-7-9-18(19)14-22-21(25)23-20-13-16(3)11-12-17(20)4/h7-13H,5-6,14-15H2,1-4H3,(H2,22,23,25). The molecular weight excluding hydrogens is 326 g/mol. The lowest BCUT2D eigenvalue weighted by atomic mass is 10.1. The summed E-state index contributed by atoms with van der Waals surface area (Å²) in [5.74, 6) is 0. The van der Waals surface area contributed by atoms with Crippen LogP contribution in [0.2, 0.25) is 0 Å². The summed E-state index contributed by atoms with van der Waals surface area (Å²) in [6, 6.07) is 14.9. The van der Waals surface area contributed by atoms with Crippen molar-refractivity contribution in [3.63, 3.8) is 0 Å². The van der Waals surface area contributed by atoms with E-state index in [2.05, 4.69) is 85.7 Å². The predicted octanol–water partition coefficient (Wildman–Crippen LogP) is 4.63. The molecule has 0 radical (unpaired) electrons. The Hall–Kier alpha value is -1.91. The molecular formula is C21H29N3S. The van der Waals surface area contributed by atoms with E-state index in [1.54, 1.807) is 0 Å². The first-order chi connectivity index (χ1) is 12.0. The molecule has 0 atom stereocenters. The molecule has 0 aliphatic rings. The van der Waals surface area contributed by atoms with Crippen molar-refractivity contribution in [3.8, 4) is 0 Å². The van der Waals surface area contributed by atoms with Gasteiger partial charge in [-0.3, -0.25) is 4.90 Å². The molecule has 4 heteroatoms. The van der Waals surface area contributed by atoms with Crippen LogP contribution in [-0.2, 0) is 13.1 Å². The lowest BCUT2D eigenvalue weighted by molar-refractivity contribution is 0.295. The Bertz CT molecular complexity index is 708. The van der Waals surface area contributed by atoms with Gasteiger partial charge in [-0.1, -0.05) is 50.2 Å². The lowest BCUT2D eigenvalue weighted by Crippen LogP contribution is -2.29. The van der Waals surface area contributed by atoms with Crippen molar-refractivity contribution in [2.75, 3.05) is 18.4 Å². The molecule has 0 spiro atoms. The molecule has 25 heavy (non-hydrogen) atoms. The Morgan fingerprint density at radius 2 is 1.68 bits per heavy atom. The Morgan fingerprint density at radius 1 is 1.00 bits per heavy atom. The maximum atomic E-state index is 5.48. The molecule has 0 heterocycles. The van der Waals surface area contributed by atoms with E-state index in [0.717, 1.165) is 31.9 Å². The number of thiocarbonyl (C=S) groups is 1. The maximum absolute atomic E-state index is 5.48. The number of nitrogens with zero attached hydrogens (tertiary/aromatic N) is 1. The molecule has 0 fully saturated rings. The lowest BCUT2D eigenvalue weighted by Gasteiger charge is -2.20. The number of rotatable bonds is 7. The maximum Gasteiger partial charge on any atom is 0.171 e. The van der Waals surface area contributed by atoms with Gasteiger partial charge in [-0.05, 0) is 67.5 Å². The van der Waals surface area contributed by atoms with E-state index in [0.29, 0.717) is 5.11 Å². The zero-order chi connectivity index (χ0) is 18.2. The molecule has 0 aliphatic carbocycles. The number of benzene rings is 2. The first-order valence-electron chi connectivity index (χ1n) is 8.94. The predicted molar refractivity (Wildman–Crippen MR) is 112 cm³/mol. The summed E-state index contributed by atoms with van der Waals surface area (Å²) >= 11 is 5.48. The van der Waals surface area contributed by atoms with Crippen LogP contribution < -0.4 is 10.6 Å². The molecule has 2 N–H and O–H groups in total. The highest BCUT2D eigenvalue weighted by molar-refractivity contribution is 7.80. The second-order valence-electron chi connectivity index (χ2n) is 6.36. The molecule has 2 rings (SSSR count). The van der Waals surface area contributed by atoms with Crippen molar-refractivity contribution in [2.24, 2.45) is 0 Å². The fraction of sp³-hybridized carbons (Fsp3) is 0.381. The molecule has 3 nitrogen and oxygen atoms in total. The average molecular weight is 356 g/mol. The number of anilines is 1. The SMILES string of the molecule is CCN(CC)Cc1ccccc1CNC(=S)Nc1cc(C)ccc1C. The summed E-state index contributed by atoms with van der Waals surface area (Å²) in [6.07, 6.45) is 0. The van der Waals surface area contributed by atoms with Crippen LogP contribution in [0.15, 0.2) is 42.5 Å². The van der Waals surface area contributed by atoms with Gasteiger partial charge >= 0.3 is 0 Å². The largest absolute Gasteiger partial charge is 0.358 e. The zero-order valence-corrected chi connectivity index (χ0v) is 16.5. The smallest absolute Gasteiger partial charge is 0.171 e. The zero-order valence-electron chi connectivity index (χ0n) is 15.7. The van der Waals surface area contributed by atoms with Gasteiger partial charge in [0, 0.05) is 18.8 Å². The summed E-state index contributed by atoms with van der Waals surface area (Å²) in [5.41, 5.74) is 6.12. The van der Waals surface area contributed by atoms with Gasteiger partial charge in [0.2, 0.25) is 0 Å². The van der Waals surface area contributed by atoms with Crippen LogP contribution in [0.5, 0.6) is 0 Å². The monoisotopic (exact) mass is 355 g/mol. The van der Waals surface area contributed by atoms with Crippen LogP contribution in [0.3, 0.4) is 0 Å². The Balaban J connectivity index is 1.99. The van der Waals surface area contributed by atoms with Gasteiger partial charge < -0.3 is 10.6 Å². The molecule has 0 amide bonds. The summed E-state index contributed by atoms with van der Waals surface area (Å²) in [7, 11) is 0. The quantitative estimate of drug-likeness (QED) is 0.708. The summed E-state index contributed by atoms with van der Waals surface area (Å²) in [5, 5.41) is 7.32. The third-order valence-electron chi connectivity index (χ3n) is 4.49. The van der Waals surface area contributed by atoms with Crippen LogP contribution in [-0.4, -0.2) is 23.1 Å². The van der Waals surface area contributed by atoms with Crippen molar-refractivity contribution in [3.05, 3.63) is 64.7 Å². The van der Waals surface area contributed by atoms with Gasteiger partial charge in [-0.15, -0.1) is 0 Å². The van der Waals surface area contributed by atoms with Gasteiger partial charge in [-0.25, -0.2) is 0 Å². The van der Waals surface area contributed by atoms with E-state index < -0.39 is 0 Å². The first-order valence-corrected chi connectivity index (χ1v) is 9.35. The van der Waals surface area contributed by atoms with Gasteiger partial charge in [0.05, 0.1) is 0 Å². The third kappa shape index (κ3) is 5.83. The second-order valence-corrected chi connectivity index (χ2v) is 6.76. The normalized spacial score (nSPS) is 10.8. The Kier molecular flexibility index (Phi) is 7.41. The highest BCUT2D eigenvalue weighted by Crippen LogP contribution is 2.16. The number of aryl methyl sites for hydroxylation is 2. The topological polar surface area (TPSA) is 27.3 Å². The molecule has 2 aromatic carbocycles. The number of hydrogen-bond donors (Lipinski definition) is 2. The van der Waals surface area contributed by atoms with Crippen molar-refractivity contribution >= 4 is 23.0 Å². The minimum absolute atomic E-state index is 0.659. The molecule has 0 saturated heterocycles. The van der Waals surface area contributed by atoms with E-state index in [1.165, 1.54) is 22.3 Å². The molecule has 0 aliphatic heterocycles. The molecule has 0 aromatic heterocycles. The van der Waals surface area contributed by atoms with E-state index in [-0.39, 0.29) is 0 Å². The summed E-state index contributed by atoms with van der Waals surface area (Å²) in [6.45, 7) is 12.4. The Labute approximate surface area is 157 Å². The van der Waals surface area contributed by atoms with Crippen LogP contribution >= 0.6 is 12.2 Å². The van der Waals surface area contributed by atoms with Crippen molar-refractivity contribution in [1.82, 2.24) is 10.2 Å². The van der Waals surface area contributed by atoms with Crippen LogP contribution in [0.4, 0.5) is 5.69 Å².